The van der Waals surface area contributed by atoms with Crippen molar-refractivity contribution in [2.75, 3.05) is 12.3 Å². The van der Waals surface area contributed by atoms with Gasteiger partial charge in [0.15, 0.2) is 0 Å². The molecule has 0 amide bonds. The van der Waals surface area contributed by atoms with Crippen LogP contribution in [0.5, 0.6) is 0 Å². The molecule has 102 valence electrons. The minimum atomic E-state index is -3.29. The predicted molar refractivity (Wildman–Crippen MR) is 71.2 cm³/mol. The van der Waals surface area contributed by atoms with E-state index >= 15 is 0 Å². The quantitative estimate of drug-likeness (QED) is 0.584. The first kappa shape index (κ1) is 14.9. The van der Waals surface area contributed by atoms with Gasteiger partial charge in [-0.15, -0.1) is 0 Å². The van der Waals surface area contributed by atoms with E-state index in [1.165, 1.54) is 32.1 Å². The predicted octanol–water partition coefficient (Wildman–Crippen LogP) is 1.61. The Bertz CT molecular complexity index is 325. The molecule has 4 nitrogen and oxygen atoms in total. The molecule has 17 heavy (non-hydrogen) atoms. The normalized spacial score (nSPS) is 25.5. The van der Waals surface area contributed by atoms with Gasteiger partial charge in [-0.25, -0.2) is 13.6 Å². The first-order valence-electron chi connectivity index (χ1n) is 6.52. The van der Waals surface area contributed by atoms with Gasteiger partial charge in [-0.1, -0.05) is 20.3 Å². The Morgan fingerprint density at radius 2 is 2.00 bits per heavy atom. The highest BCUT2D eigenvalue weighted by atomic mass is 32.2. The number of rotatable bonds is 5. The summed E-state index contributed by atoms with van der Waals surface area (Å²) >= 11 is 0. The molecule has 1 aliphatic rings. The Morgan fingerprint density at radius 3 is 2.65 bits per heavy atom. The molecular formula is C12H26N2O2S. The van der Waals surface area contributed by atoms with Crippen molar-refractivity contribution in [3.05, 3.63) is 0 Å². The smallest absolute Gasteiger partial charge is 0.209 e. The molecular weight excluding hydrogens is 236 g/mol. The second kappa shape index (κ2) is 6.16. The Kier molecular flexibility index (Phi) is 5.41. The fourth-order valence-electron chi connectivity index (χ4n) is 2.44. The molecule has 0 aromatic rings. The molecule has 0 radical (unpaired) electrons. The molecule has 1 aliphatic carbocycles. The third-order valence-electron chi connectivity index (χ3n) is 3.61. The first-order valence-corrected chi connectivity index (χ1v) is 8.24. The van der Waals surface area contributed by atoms with Crippen LogP contribution >= 0.6 is 0 Å². The molecule has 1 unspecified atom stereocenters. The van der Waals surface area contributed by atoms with Crippen LogP contribution in [-0.4, -0.2) is 26.8 Å². The summed E-state index contributed by atoms with van der Waals surface area (Å²) in [5.41, 5.74) is 0.469. The van der Waals surface area contributed by atoms with Gasteiger partial charge in [-0.05, 0) is 44.1 Å². The number of hydrogen-bond acceptors (Lipinski definition) is 3. The summed E-state index contributed by atoms with van der Waals surface area (Å²) in [6.45, 7) is 5.41. The summed E-state index contributed by atoms with van der Waals surface area (Å²) < 4.78 is 21.5. The Labute approximate surface area is 105 Å². The second-order valence-electron chi connectivity index (χ2n) is 5.97. The van der Waals surface area contributed by atoms with Crippen LogP contribution in [0.25, 0.3) is 0 Å². The number of sulfonamides is 1. The minimum Gasteiger partial charge on any atom is -0.314 e. The maximum atomic E-state index is 10.8. The van der Waals surface area contributed by atoms with Gasteiger partial charge >= 0.3 is 0 Å². The van der Waals surface area contributed by atoms with E-state index in [-0.39, 0.29) is 5.75 Å². The van der Waals surface area contributed by atoms with Crippen LogP contribution in [0.15, 0.2) is 0 Å². The lowest BCUT2D eigenvalue weighted by Gasteiger charge is -2.22. The molecule has 5 heteroatoms. The molecule has 0 saturated heterocycles. The zero-order chi connectivity index (χ0) is 12.9. The van der Waals surface area contributed by atoms with Crippen LogP contribution in [0.4, 0.5) is 0 Å². The average Bonchev–Trinajstić information content (AvgIpc) is 2.33. The Morgan fingerprint density at radius 1 is 1.29 bits per heavy atom. The molecule has 0 aliphatic heterocycles. The van der Waals surface area contributed by atoms with Crippen molar-refractivity contribution in [3.8, 4) is 0 Å². The molecule has 3 N–H and O–H groups in total. The van der Waals surface area contributed by atoms with Gasteiger partial charge in [0.1, 0.15) is 0 Å². The summed E-state index contributed by atoms with van der Waals surface area (Å²) in [5, 5.41) is 8.41. The summed E-state index contributed by atoms with van der Waals surface area (Å²) in [6, 6.07) is 0.553. The van der Waals surface area contributed by atoms with E-state index in [1.54, 1.807) is 0 Å². The van der Waals surface area contributed by atoms with E-state index in [4.69, 9.17) is 5.14 Å². The SMILES string of the molecule is CC1(C)CCCC(NCCCS(N)(=O)=O)CC1. The van der Waals surface area contributed by atoms with E-state index < -0.39 is 10.0 Å². The van der Waals surface area contributed by atoms with E-state index in [9.17, 15) is 8.42 Å². The van der Waals surface area contributed by atoms with Crippen LogP contribution in [0.3, 0.4) is 0 Å². The fourth-order valence-corrected chi connectivity index (χ4v) is 2.99. The van der Waals surface area contributed by atoms with Gasteiger partial charge in [0.25, 0.3) is 0 Å². The molecule has 0 bridgehead atoms. The molecule has 1 rings (SSSR count). The summed E-state index contributed by atoms with van der Waals surface area (Å²) in [4.78, 5) is 0. The largest absolute Gasteiger partial charge is 0.314 e. The highest BCUT2D eigenvalue weighted by Crippen LogP contribution is 2.33. The molecule has 0 aromatic carbocycles. The van der Waals surface area contributed by atoms with Crippen molar-refractivity contribution in [1.82, 2.24) is 5.32 Å². The fraction of sp³-hybridized carbons (Fsp3) is 1.00. The second-order valence-corrected chi connectivity index (χ2v) is 7.70. The van der Waals surface area contributed by atoms with E-state index in [1.807, 2.05) is 0 Å². The highest BCUT2D eigenvalue weighted by molar-refractivity contribution is 7.89. The summed E-state index contributed by atoms with van der Waals surface area (Å²) in [7, 11) is -3.29. The minimum absolute atomic E-state index is 0.0816. The lowest BCUT2D eigenvalue weighted by Crippen LogP contribution is -2.31. The first-order chi connectivity index (χ1) is 7.79. The van der Waals surface area contributed by atoms with E-state index in [0.29, 0.717) is 17.9 Å². The van der Waals surface area contributed by atoms with Crippen LogP contribution in [-0.2, 0) is 10.0 Å². The van der Waals surface area contributed by atoms with Gasteiger partial charge in [0.05, 0.1) is 5.75 Å². The van der Waals surface area contributed by atoms with E-state index in [2.05, 4.69) is 19.2 Å². The molecule has 0 spiro atoms. The Hall–Kier alpha value is -0.130. The van der Waals surface area contributed by atoms with Crippen molar-refractivity contribution in [1.29, 1.82) is 0 Å². The molecule has 1 fully saturated rings. The van der Waals surface area contributed by atoms with E-state index in [0.717, 1.165) is 6.54 Å². The summed E-state index contributed by atoms with van der Waals surface area (Å²) in [6.07, 6.45) is 6.82. The lowest BCUT2D eigenvalue weighted by molar-refractivity contribution is 0.310. The van der Waals surface area contributed by atoms with Crippen molar-refractivity contribution in [3.63, 3.8) is 0 Å². The third kappa shape index (κ3) is 7.01. The lowest BCUT2D eigenvalue weighted by atomic mass is 9.85. The molecule has 1 atom stereocenters. The number of nitrogens with two attached hydrogens (primary N) is 1. The van der Waals surface area contributed by atoms with Gasteiger partial charge in [0.2, 0.25) is 10.0 Å². The van der Waals surface area contributed by atoms with Crippen LogP contribution in [0.1, 0.15) is 52.4 Å². The molecule has 0 aromatic heterocycles. The maximum absolute atomic E-state index is 10.8. The number of hydrogen-bond donors (Lipinski definition) is 2. The molecule has 1 saturated carbocycles. The van der Waals surface area contributed by atoms with Crippen molar-refractivity contribution >= 4 is 10.0 Å². The van der Waals surface area contributed by atoms with Gasteiger partial charge in [-0.2, -0.15) is 0 Å². The highest BCUT2D eigenvalue weighted by Gasteiger charge is 2.23. The van der Waals surface area contributed by atoms with Gasteiger partial charge in [-0.3, -0.25) is 0 Å². The van der Waals surface area contributed by atoms with Gasteiger partial charge in [0, 0.05) is 6.04 Å². The van der Waals surface area contributed by atoms with Crippen LogP contribution in [0, 0.1) is 5.41 Å². The number of primary sulfonamides is 1. The summed E-state index contributed by atoms with van der Waals surface area (Å²) in [5.74, 6) is 0.0816. The zero-order valence-corrected chi connectivity index (χ0v) is 11.9. The zero-order valence-electron chi connectivity index (χ0n) is 11.0. The van der Waals surface area contributed by atoms with Crippen molar-refractivity contribution in [2.24, 2.45) is 10.6 Å². The van der Waals surface area contributed by atoms with Gasteiger partial charge < -0.3 is 5.32 Å². The number of nitrogens with one attached hydrogen (secondary N) is 1. The van der Waals surface area contributed by atoms with Crippen molar-refractivity contribution in [2.45, 2.75) is 58.4 Å². The molecule has 0 heterocycles. The van der Waals surface area contributed by atoms with Crippen LogP contribution < -0.4 is 10.5 Å². The standard InChI is InChI=1S/C12H26N2O2S/c1-12(2)7-3-5-11(6-8-12)14-9-4-10-17(13,15)16/h11,14H,3-10H2,1-2H3,(H2,13,15,16). The van der Waals surface area contributed by atoms with Crippen LogP contribution in [0.2, 0.25) is 0 Å². The Balaban J connectivity index is 2.20. The maximum Gasteiger partial charge on any atom is 0.209 e. The van der Waals surface area contributed by atoms with Crippen molar-refractivity contribution < 1.29 is 8.42 Å². The third-order valence-corrected chi connectivity index (χ3v) is 4.47. The average molecular weight is 262 g/mol. The monoisotopic (exact) mass is 262 g/mol. The topological polar surface area (TPSA) is 72.2 Å².